The lowest BCUT2D eigenvalue weighted by atomic mass is 9.89. The first-order valence-corrected chi connectivity index (χ1v) is 7.66. The normalized spacial score (nSPS) is 21.3. The molecule has 2 nitrogen and oxygen atoms in total. The van der Waals surface area contributed by atoms with Crippen molar-refractivity contribution in [2.45, 2.75) is 52.1 Å². The van der Waals surface area contributed by atoms with Crippen LogP contribution in [-0.2, 0) is 0 Å². The van der Waals surface area contributed by atoms with Crippen molar-refractivity contribution >= 4 is 0 Å². The highest BCUT2D eigenvalue weighted by Gasteiger charge is 2.33. The number of nitrogens with one attached hydrogen (secondary N) is 1. The minimum Gasteiger partial charge on any atom is -0.309 e. The van der Waals surface area contributed by atoms with E-state index in [1.165, 1.54) is 24.0 Å². The van der Waals surface area contributed by atoms with E-state index in [0.717, 1.165) is 19.6 Å². The summed E-state index contributed by atoms with van der Waals surface area (Å²) in [5.74, 6) is 0. The van der Waals surface area contributed by atoms with Crippen LogP contribution >= 0.6 is 0 Å². The van der Waals surface area contributed by atoms with Crippen molar-refractivity contribution in [1.29, 1.82) is 0 Å². The molecule has 1 aliphatic rings. The molecule has 1 aromatic carbocycles. The largest absolute Gasteiger partial charge is 0.309 e. The number of hydrogen-bond donors (Lipinski definition) is 1. The van der Waals surface area contributed by atoms with Crippen molar-refractivity contribution in [3.63, 3.8) is 0 Å². The lowest BCUT2D eigenvalue weighted by Crippen LogP contribution is -2.60. The van der Waals surface area contributed by atoms with Crippen LogP contribution in [0.4, 0.5) is 0 Å². The fourth-order valence-corrected chi connectivity index (χ4v) is 3.10. The van der Waals surface area contributed by atoms with Crippen molar-refractivity contribution in [1.82, 2.24) is 10.2 Å². The van der Waals surface area contributed by atoms with Crippen LogP contribution in [0.1, 0.15) is 50.8 Å². The lowest BCUT2D eigenvalue weighted by Gasteiger charge is -2.45. The van der Waals surface area contributed by atoms with Crippen molar-refractivity contribution in [2.75, 3.05) is 19.6 Å². The van der Waals surface area contributed by atoms with E-state index in [1.54, 1.807) is 0 Å². The van der Waals surface area contributed by atoms with E-state index in [9.17, 15) is 0 Å². The van der Waals surface area contributed by atoms with Gasteiger partial charge in [0.1, 0.15) is 0 Å². The zero-order valence-electron chi connectivity index (χ0n) is 12.9. The summed E-state index contributed by atoms with van der Waals surface area (Å²) >= 11 is 0. The van der Waals surface area contributed by atoms with Crippen LogP contribution < -0.4 is 5.32 Å². The Morgan fingerprint density at radius 3 is 2.42 bits per heavy atom. The van der Waals surface area contributed by atoms with E-state index >= 15 is 0 Å². The molecule has 2 rings (SSSR count). The lowest BCUT2D eigenvalue weighted by molar-refractivity contribution is 0.0919. The Kier molecular flexibility index (Phi) is 4.64. The van der Waals surface area contributed by atoms with E-state index in [4.69, 9.17) is 0 Å². The minimum absolute atomic E-state index is 0.317. The average Bonchev–Trinajstić information content (AvgIpc) is 2.47. The maximum absolute atomic E-state index is 3.74. The topological polar surface area (TPSA) is 15.3 Å². The third kappa shape index (κ3) is 3.18. The number of nitrogens with zero attached hydrogens (tertiary/aromatic N) is 1. The number of rotatable bonds is 4. The van der Waals surface area contributed by atoms with Crippen molar-refractivity contribution < 1.29 is 0 Å². The van der Waals surface area contributed by atoms with E-state index in [1.807, 2.05) is 0 Å². The zero-order valence-corrected chi connectivity index (χ0v) is 12.9. The molecule has 0 saturated carbocycles. The predicted molar refractivity (Wildman–Crippen MR) is 82.5 cm³/mol. The first-order chi connectivity index (χ1) is 9.10. The highest BCUT2D eigenvalue weighted by atomic mass is 15.2. The van der Waals surface area contributed by atoms with Crippen LogP contribution in [0.25, 0.3) is 0 Å². The highest BCUT2D eigenvalue weighted by Crippen LogP contribution is 2.27. The van der Waals surface area contributed by atoms with E-state index in [-0.39, 0.29) is 0 Å². The van der Waals surface area contributed by atoms with E-state index in [2.05, 4.69) is 62.2 Å². The second-order valence-corrected chi connectivity index (χ2v) is 5.97. The number of benzene rings is 1. The number of piperazine rings is 1. The first-order valence-electron chi connectivity index (χ1n) is 7.66. The van der Waals surface area contributed by atoms with Crippen LogP contribution in [0.5, 0.6) is 0 Å². The molecule has 0 spiro atoms. The van der Waals surface area contributed by atoms with Crippen molar-refractivity contribution in [2.24, 2.45) is 0 Å². The molecule has 1 fully saturated rings. The van der Waals surface area contributed by atoms with Gasteiger partial charge in [0.25, 0.3) is 0 Å². The molecule has 19 heavy (non-hydrogen) atoms. The Morgan fingerprint density at radius 1 is 1.21 bits per heavy atom. The molecule has 1 aromatic rings. The summed E-state index contributed by atoms with van der Waals surface area (Å²) in [6.07, 6.45) is 2.42. The Morgan fingerprint density at radius 2 is 1.84 bits per heavy atom. The van der Waals surface area contributed by atoms with Crippen LogP contribution in [0.15, 0.2) is 24.3 Å². The third-order valence-corrected chi connectivity index (χ3v) is 4.87. The number of hydrogen-bond acceptors (Lipinski definition) is 2. The minimum atomic E-state index is 0.317. The first kappa shape index (κ1) is 14.5. The van der Waals surface area contributed by atoms with Crippen LogP contribution in [0, 0.1) is 6.92 Å². The zero-order chi connectivity index (χ0) is 13.9. The van der Waals surface area contributed by atoms with Gasteiger partial charge in [0, 0.05) is 31.2 Å². The van der Waals surface area contributed by atoms with Gasteiger partial charge in [-0.1, -0.05) is 43.7 Å². The Bertz CT molecular complexity index is 392. The summed E-state index contributed by atoms with van der Waals surface area (Å²) in [5.41, 5.74) is 3.10. The molecule has 1 saturated heterocycles. The quantitative estimate of drug-likeness (QED) is 0.891. The van der Waals surface area contributed by atoms with Gasteiger partial charge in [0.15, 0.2) is 0 Å². The highest BCUT2D eigenvalue weighted by molar-refractivity contribution is 5.24. The van der Waals surface area contributed by atoms with Crippen LogP contribution in [0.2, 0.25) is 0 Å². The van der Waals surface area contributed by atoms with E-state index in [0.29, 0.717) is 11.6 Å². The summed E-state index contributed by atoms with van der Waals surface area (Å²) in [6.45, 7) is 12.5. The average molecular weight is 260 g/mol. The Hall–Kier alpha value is -0.860. The molecule has 1 heterocycles. The second kappa shape index (κ2) is 6.06. The molecule has 2 heteroatoms. The van der Waals surface area contributed by atoms with Crippen molar-refractivity contribution in [3.05, 3.63) is 35.4 Å². The third-order valence-electron chi connectivity index (χ3n) is 4.87. The van der Waals surface area contributed by atoms with Gasteiger partial charge in [-0.05, 0) is 32.3 Å². The molecule has 1 unspecified atom stereocenters. The molecule has 0 bridgehead atoms. The molecule has 0 amide bonds. The maximum atomic E-state index is 3.74. The van der Waals surface area contributed by atoms with Gasteiger partial charge < -0.3 is 5.32 Å². The van der Waals surface area contributed by atoms with Gasteiger partial charge in [-0.25, -0.2) is 0 Å². The predicted octanol–water partition coefficient (Wildman–Crippen LogP) is 3.52. The smallest absolute Gasteiger partial charge is 0.0321 e. The molecule has 1 N–H and O–H groups in total. The van der Waals surface area contributed by atoms with Gasteiger partial charge in [-0.3, -0.25) is 4.90 Å². The number of aryl methyl sites for hydroxylation is 1. The van der Waals surface area contributed by atoms with Gasteiger partial charge in [-0.15, -0.1) is 0 Å². The monoisotopic (exact) mass is 260 g/mol. The Balaban J connectivity index is 2.10. The van der Waals surface area contributed by atoms with Crippen molar-refractivity contribution in [3.8, 4) is 0 Å². The fourth-order valence-electron chi connectivity index (χ4n) is 3.10. The van der Waals surface area contributed by atoms with Gasteiger partial charge in [0.05, 0.1) is 0 Å². The molecule has 0 aromatic heterocycles. The van der Waals surface area contributed by atoms with Gasteiger partial charge >= 0.3 is 0 Å². The van der Waals surface area contributed by atoms with Crippen LogP contribution in [-0.4, -0.2) is 30.1 Å². The molecular formula is C17H28N2. The summed E-state index contributed by atoms with van der Waals surface area (Å²) in [4.78, 5) is 2.63. The SMILES string of the molecule is CCC1(CC)CN(C(C)c2ccc(C)cc2)CCN1. The summed E-state index contributed by atoms with van der Waals surface area (Å²) < 4.78 is 0. The summed E-state index contributed by atoms with van der Waals surface area (Å²) in [6, 6.07) is 9.52. The molecule has 0 radical (unpaired) electrons. The molecule has 106 valence electrons. The molecule has 1 aliphatic heterocycles. The second-order valence-electron chi connectivity index (χ2n) is 5.97. The molecule has 1 atom stereocenters. The Labute approximate surface area is 118 Å². The summed E-state index contributed by atoms with van der Waals surface area (Å²) in [7, 11) is 0. The molecule has 0 aliphatic carbocycles. The standard InChI is InChI=1S/C17H28N2/c1-5-17(6-2)13-19(12-11-18-17)15(4)16-9-7-14(3)8-10-16/h7-10,15,18H,5-6,11-13H2,1-4H3. The van der Waals surface area contributed by atoms with Gasteiger partial charge in [-0.2, -0.15) is 0 Å². The van der Waals surface area contributed by atoms with E-state index < -0.39 is 0 Å². The summed E-state index contributed by atoms with van der Waals surface area (Å²) in [5, 5.41) is 3.74. The molecular weight excluding hydrogens is 232 g/mol. The maximum Gasteiger partial charge on any atom is 0.0321 e. The fraction of sp³-hybridized carbons (Fsp3) is 0.647. The van der Waals surface area contributed by atoms with Crippen LogP contribution in [0.3, 0.4) is 0 Å². The van der Waals surface area contributed by atoms with Gasteiger partial charge in [0.2, 0.25) is 0 Å².